The smallest absolute Gasteiger partial charge is 0.224 e. The molecule has 1 atom stereocenters. The number of carbonyl (C=O) groups excluding carboxylic acids is 1. The molecule has 1 aromatic heterocycles. The highest BCUT2D eigenvalue weighted by atomic mass is 16.2. The van der Waals surface area contributed by atoms with E-state index in [0.29, 0.717) is 12.0 Å². The van der Waals surface area contributed by atoms with Gasteiger partial charge >= 0.3 is 0 Å². The largest absolute Gasteiger partial charge is 0.349 e. The number of aromatic amines is 1. The van der Waals surface area contributed by atoms with Gasteiger partial charge in [-0.15, -0.1) is 0 Å². The summed E-state index contributed by atoms with van der Waals surface area (Å²) in [5, 5.41) is 6.41. The Kier molecular flexibility index (Phi) is 2.96. The highest BCUT2D eigenvalue weighted by Crippen LogP contribution is 2.58. The minimum atomic E-state index is 0.192. The van der Waals surface area contributed by atoms with Crippen molar-refractivity contribution in [3.8, 4) is 0 Å². The lowest BCUT2D eigenvalue weighted by Gasteiger charge is -2.23. The second-order valence-electron chi connectivity index (χ2n) is 6.29. The third-order valence-corrected chi connectivity index (χ3v) is 4.97. The number of benzene rings is 1. The number of H-pyrrole nitrogens is 1. The van der Waals surface area contributed by atoms with Gasteiger partial charge < -0.3 is 15.6 Å². The lowest BCUT2D eigenvalue weighted by molar-refractivity contribution is -0.123. The molecule has 2 fully saturated rings. The van der Waals surface area contributed by atoms with Gasteiger partial charge in [0.15, 0.2) is 0 Å². The molecule has 4 rings (SSSR count). The van der Waals surface area contributed by atoms with Crippen LogP contribution in [0.25, 0.3) is 11.0 Å². The molecule has 1 saturated heterocycles. The quantitative estimate of drug-likeness (QED) is 0.801. The first kappa shape index (κ1) is 12.8. The van der Waals surface area contributed by atoms with Crippen LogP contribution in [0, 0.1) is 11.3 Å². The predicted octanol–water partition coefficient (Wildman–Crippen LogP) is 1.57. The molecule has 0 bridgehead atoms. The summed E-state index contributed by atoms with van der Waals surface area (Å²) in [5.41, 5.74) is 2.26. The van der Waals surface area contributed by atoms with E-state index in [1.54, 1.807) is 0 Å². The van der Waals surface area contributed by atoms with Crippen LogP contribution in [-0.2, 0) is 11.3 Å². The molecule has 2 aliphatic rings. The van der Waals surface area contributed by atoms with Gasteiger partial charge in [-0.25, -0.2) is 4.98 Å². The molecule has 1 aromatic carbocycles. The van der Waals surface area contributed by atoms with Crippen LogP contribution in [0.1, 0.15) is 25.1 Å². The van der Waals surface area contributed by atoms with E-state index in [2.05, 4.69) is 20.6 Å². The highest BCUT2D eigenvalue weighted by molar-refractivity contribution is 5.82. The van der Waals surface area contributed by atoms with Crippen molar-refractivity contribution in [3.05, 3.63) is 30.1 Å². The summed E-state index contributed by atoms with van der Waals surface area (Å²) in [6, 6.07) is 7.92. The molecule has 2 aromatic rings. The van der Waals surface area contributed by atoms with Gasteiger partial charge in [-0.05, 0) is 49.9 Å². The third kappa shape index (κ3) is 2.31. The Morgan fingerprint density at radius 3 is 2.95 bits per heavy atom. The van der Waals surface area contributed by atoms with E-state index in [1.807, 2.05) is 24.3 Å². The van der Waals surface area contributed by atoms with E-state index in [1.165, 1.54) is 0 Å². The fourth-order valence-corrected chi connectivity index (χ4v) is 3.58. The maximum atomic E-state index is 12.3. The number of fused-ring (bicyclic) bond motifs is 1. The fraction of sp³-hybridized carbons (Fsp3) is 0.500. The summed E-state index contributed by atoms with van der Waals surface area (Å²) in [6.07, 6.45) is 3.33. The fourth-order valence-electron chi connectivity index (χ4n) is 3.58. The second kappa shape index (κ2) is 4.84. The zero-order valence-corrected chi connectivity index (χ0v) is 12.0. The molecule has 1 aliphatic carbocycles. The molecule has 3 N–H and O–H groups in total. The minimum absolute atomic E-state index is 0.192. The number of carbonyl (C=O) groups is 1. The van der Waals surface area contributed by atoms with Gasteiger partial charge in [0.1, 0.15) is 5.82 Å². The van der Waals surface area contributed by atoms with Gasteiger partial charge in [-0.3, -0.25) is 4.79 Å². The Hall–Kier alpha value is -1.88. The lowest BCUT2D eigenvalue weighted by atomic mass is 9.92. The van der Waals surface area contributed by atoms with Crippen LogP contribution in [-0.4, -0.2) is 29.0 Å². The number of hydrogen-bond donors (Lipinski definition) is 3. The van der Waals surface area contributed by atoms with Crippen molar-refractivity contribution in [1.29, 1.82) is 0 Å². The molecule has 1 aliphatic heterocycles. The maximum absolute atomic E-state index is 12.3. The number of aromatic nitrogens is 2. The summed E-state index contributed by atoms with van der Waals surface area (Å²) in [5.74, 6) is 1.23. The van der Waals surface area contributed by atoms with Crippen LogP contribution < -0.4 is 10.6 Å². The van der Waals surface area contributed by atoms with Crippen molar-refractivity contribution in [2.75, 3.05) is 13.1 Å². The molecule has 110 valence electrons. The van der Waals surface area contributed by atoms with Crippen molar-refractivity contribution >= 4 is 16.9 Å². The van der Waals surface area contributed by atoms with E-state index in [-0.39, 0.29) is 11.8 Å². The van der Waals surface area contributed by atoms with Crippen LogP contribution in [0.3, 0.4) is 0 Å². The summed E-state index contributed by atoms with van der Waals surface area (Å²) in [6.45, 7) is 2.58. The third-order valence-electron chi connectivity index (χ3n) is 4.97. The average Bonchev–Trinajstić information content (AvgIpc) is 3.04. The monoisotopic (exact) mass is 284 g/mol. The van der Waals surface area contributed by atoms with Gasteiger partial charge in [0, 0.05) is 5.92 Å². The molecule has 1 spiro atoms. The first-order chi connectivity index (χ1) is 10.3. The molecule has 21 heavy (non-hydrogen) atoms. The molecule has 5 nitrogen and oxygen atoms in total. The molecular weight excluding hydrogens is 264 g/mol. The van der Waals surface area contributed by atoms with Crippen molar-refractivity contribution in [3.63, 3.8) is 0 Å². The lowest BCUT2D eigenvalue weighted by Crippen LogP contribution is -2.33. The predicted molar refractivity (Wildman–Crippen MR) is 80.6 cm³/mol. The van der Waals surface area contributed by atoms with Gasteiger partial charge in [0.25, 0.3) is 0 Å². The van der Waals surface area contributed by atoms with Crippen LogP contribution >= 0.6 is 0 Å². The Bertz CT molecular complexity index is 639. The number of piperidine rings is 1. The summed E-state index contributed by atoms with van der Waals surface area (Å²) in [4.78, 5) is 20.0. The molecule has 1 amide bonds. The Morgan fingerprint density at radius 2 is 2.14 bits per heavy atom. The number of nitrogens with zero attached hydrogens (tertiary/aromatic N) is 1. The minimum Gasteiger partial charge on any atom is -0.349 e. The highest BCUT2D eigenvalue weighted by Gasteiger charge is 2.57. The number of rotatable bonds is 3. The summed E-state index contributed by atoms with van der Waals surface area (Å²) >= 11 is 0. The van der Waals surface area contributed by atoms with E-state index in [4.69, 9.17) is 0 Å². The molecule has 1 saturated carbocycles. The standard InChI is InChI=1S/C16H20N4O/c21-15(11-9-16(11)5-7-17-8-6-16)18-10-14-19-12-3-1-2-4-13(12)20-14/h1-4,11,17H,5-10H2,(H,18,21)(H,19,20). The van der Waals surface area contributed by atoms with Crippen LogP contribution in [0.5, 0.6) is 0 Å². The number of para-hydroxylation sites is 2. The number of imidazole rings is 1. The van der Waals surface area contributed by atoms with Crippen molar-refractivity contribution in [2.24, 2.45) is 11.3 Å². The van der Waals surface area contributed by atoms with Gasteiger partial charge in [-0.2, -0.15) is 0 Å². The second-order valence-corrected chi connectivity index (χ2v) is 6.29. The normalized spacial score (nSPS) is 23.3. The first-order valence-corrected chi connectivity index (χ1v) is 7.69. The average molecular weight is 284 g/mol. The van der Waals surface area contributed by atoms with Crippen LogP contribution in [0.15, 0.2) is 24.3 Å². The van der Waals surface area contributed by atoms with E-state index >= 15 is 0 Å². The van der Waals surface area contributed by atoms with Crippen molar-refractivity contribution < 1.29 is 4.79 Å². The van der Waals surface area contributed by atoms with Crippen molar-refractivity contribution in [2.45, 2.75) is 25.8 Å². The maximum Gasteiger partial charge on any atom is 0.224 e. The molecule has 5 heteroatoms. The van der Waals surface area contributed by atoms with Crippen molar-refractivity contribution in [1.82, 2.24) is 20.6 Å². The molecule has 2 heterocycles. The summed E-state index contributed by atoms with van der Waals surface area (Å²) in [7, 11) is 0. The Labute approximate surface area is 123 Å². The zero-order valence-electron chi connectivity index (χ0n) is 12.0. The van der Waals surface area contributed by atoms with Crippen LogP contribution in [0.4, 0.5) is 0 Å². The van der Waals surface area contributed by atoms with E-state index < -0.39 is 0 Å². The Morgan fingerprint density at radius 1 is 1.33 bits per heavy atom. The van der Waals surface area contributed by atoms with Gasteiger partial charge in [0.2, 0.25) is 5.91 Å². The van der Waals surface area contributed by atoms with Gasteiger partial charge in [-0.1, -0.05) is 12.1 Å². The van der Waals surface area contributed by atoms with E-state index in [0.717, 1.165) is 49.2 Å². The molecule has 0 radical (unpaired) electrons. The zero-order chi connectivity index (χ0) is 14.3. The van der Waals surface area contributed by atoms with E-state index in [9.17, 15) is 4.79 Å². The molecular formula is C16H20N4O. The van der Waals surface area contributed by atoms with Gasteiger partial charge in [0.05, 0.1) is 17.6 Å². The number of amides is 1. The SMILES string of the molecule is O=C(NCc1nc2ccccc2[nH]1)C1CC12CCNCC2. The Balaban J connectivity index is 1.37. The summed E-state index contributed by atoms with van der Waals surface area (Å²) < 4.78 is 0. The van der Waals surface area contributed by atoms with Crippen LogP contribution in [0.2, 0.25) is 0 Å². The number of nitrogens with one attached hydrogen (secondary N) is 3. The topological polar surface area (TPSA) is 69.8 Å². The number of hydrogen-bond acceptors (Lipinski definition) is 3. The molecule has 1 unspecified atom stereocenters. The first-order valence-electron chi connectivity index (χ1n) is 7.69.